The molecular formula is C17H21N7. The number of rotatable bonds is 4. The van der Waals surface area contributed by atoms with Crippen molar-refractivity contribution in [3.8, 4) is 0 Å². The summed E-state index contributed by atoms with van der Waals surface area (Å²) < 4.78 is 1.71. The molecule has 3 aromatic rings. The van der Waals surface area contributed by atoms with Crippen molar-refractivity contribution in [2.24, 2.45) is 0 Å². The predicted molar refractivity (Wildman–Crippen MR) is 90.9 cm³/mol. The average Bonchev–Trinajstić information content (AvgIpc) is 3.08. The molecule has 7 heteroatoms. The van der Waals surface area contributed by atoms with Crippen molar-refractivity contribution in [1.29, 1.82) is 0 Å². The molecule has 1 aliphatic rings. The van der Waals surface area contributed by atoms with Crippen LogP contribution >= 0.6 is 0 Å². The molecule has 0 spiro atoms. The van der Waals surface area contributed by atoms with Crippen molar-refractivity contribution in [3.63, 3.8) is 0 Å². The van der Waals surface area contributed by atoms with Gasteiger partial charge in [0, 0.05) is 11.4 Å². The van der Waals surface area contributed by atoms with Crippen LogP contribution in [0.5, 0.6) is 0 Å². The van der Waals surface area contributed by atoms with Gasteiger partial charge in [0.1, 0.15) is 12.2 Å². The Morgan fingerprint density at radius 2 is 2.08 bits per heavy atom. The minimum absolute atomic E-state index is 0.573. The summed E-state index contributed by atoms with van der Waals surface area (Å²) in [6.07, 6.45) is 7.13. The summed E-state index contributed by atoms with van der Waals surface area (Å²) in [5.41, 5.74) is 6.32. The maximum absolute atomic E-state index is 4.77. The molecule has 0 atom stereocenters. The number of nitrogens with zero attached hydrogens (tertiary/aromatic N) is 6. The molecule has 0 aliphatic heterocycles. The van der Waals surface area contributed by atoms with Crippen molar-refractivity contribution in [3.05, 3.63) is 40.9 Å². The summed E-state index contributed by atoms with van der Waals surface area (Å²) in [7, 11) is 0. The zero-order chi connectivity index (χ0) is 16.5. The van der Waals surface area contributed by atoms with Crippen molar-refractivity contribution in [1.82, 2.24) is 29.8 Å². The third kappa shape index (κ3) is 2.70. The minimum Gasteiger partial charge on any atom is -0.375 e. The van der Waals surface area contributed by atoms with Gasteiger partial charge < -0.3 is 5.32 Å². The fourth-order valence-electron chi connectivity index (χ4n) is 3.28. The topological polar surface area (TPSA) is 80.9 Å². The molecule has 0 saturated heterocycles. The van der Waals surface area contributed by atoms with E-state index in [9.17, 15) is 0 Å². The fourth-order valence-corrected chi connectivity index (χ4v) is 3.28. The molecular weight excluding hydrogens is 302 g/mol. The summed E-state index contributed by atoms with van der Waals surface area (Å²) in [6, 6.07) is 2.02. The molecule has 0 amide bonds. The Kier molecular flexibility index (Phi) is 3.84. The fraction of sp³-hybridized carbons (Fsp3) is 0.471. The number of aromatic nitrogens is 6. The molecule has 3 aromatic heterocycles. The molecule has 0 fully saturated rings. The van der Waals surface area contributed by atoms with Gasteiger partial charge >= 0.3 is 0 Å². The second-order valence-electron chi connectivity index (χ2n) is 6.21. The molecule has 124 valence electrons. The van der Waals surface area contributed by atoms with Gasteiger partial charge in [-0.15, -0.1) is 10.2 Å². The molecule has 0 saturated carbocycles. The van der Waals surface area contributed by atoms with Crippen LogP contribution in [-0.2, 0) is 25.8 Å². The van der Waals surface area contributed by atoms with Gasteiger partial charge in [0.25, 0.3) is 0 Å². The zero-order valence-electron chi connectivity index (χ0n) is 14.1. The molecule has 0 unspecified atom stereocenters. The smallest absolute Gasteiger partial charge is 0.200 e. The van der Waals surface area contributed by atoms with E-state index in [1.165, 1.54) is 24.1 Å². The SMILES string of the molecule is CCc1cc(NCc2nc(C)c3c(n2)CCCC3)c2nncn2n1. The van der Waals surface area contributed by atoms with Gasteiger partial charge in [0.2, 0.25) is 5.65 Å². The van der Waals surface area contributed by atoms with E-state index in [0.29, 0.717) is 6.54 Å². The van der Waals surface area contributed by atoms with Gasteiger partial charge in [-0.2, -0.15) is 9.61 Å². The maximum atomic E-state index is 4.77. The van der Waals surface area contributed by atoms with E-state index in [-0.39, 0.29) is 0 Å². The van der Waals surface area contributed by atoms with Crippen LogP contribution in [0.3, 0.4) is 0 Å². The molecule has 24 heavy (non-hydrogen) atoms. The Bertz CT molecular complexity index is 884. The second-order valence-corrected chi connectivity index (χ2v) is 6.21. The van der Waals surface area contributed by atoms with Crippen LogP contribution in [0.25, 0.3) is 5.65 Å². The normalized spacial score (nSPS) is 13.9. The first-order chi connectivity index (χ1) is 11.7. The van der Waals surface area contributed by atoms with Crippen molar-refractivity contribution < 1.29 is 0 Å². The van der Waals surface area contributed by atoms with Gasteiger partial charge in [0.05, 0.1) is 17.9 Å². The molecule has 0 bridgehead atoms. The van der Waals surface area contributed by atoms with E-state index < -0.39 is 0 Å². The standard InChI is InChI=1S/C17H21N7/c1-3-12-8-15(17-22-19-10-24(17)23-12)18-9-16-20-11(2)13-6-4-5-7-14(13)21-16/h8,10,18H,3-7,9H2,1-2H3. The highest BCUT2D eigenvalue weighted by Gasteiger charge is 2.15. The van der Waals surface area contributed by atoms with Crippen molar-refractivity contribution >= 4 is 11.3 Å². The van der Waals surface area contributed by atoms with Crippen LogP contribution in [0.15, 0.2) is 12.4 Å². The molecule has 3 heterocycles. The van der Waals surface area contributed by atoms with Gasteiger partial charge in [-0.25, -0.2) is 9.97 Å². The predicted octanol–water partition coefficient (Wildman–Crippen LogP) is 2.28. The van der Waals surface area contributed by atoms with Crippen LogP contribution in [0, 0.1) is 6.92 Å². The third-order valence-electron chi connectivity index (χ3n) is 4.55. The number of anilines is 1. The first-order valence-corrected chi connectivity index (χ1v) is 8.53. The van der Waals surface area contributed by atoms with Gasteiger partial charge in [-0.1, -0.05) is 6.92 Å². The Hall–Kier alpha value is -2.57. The highest BCUT2D eigenvalue weighted by Crippen LogP contribution is 2.22. The number of fused-ring (bicyclic) bond motifs is 2. The van der Waals surface area contributed by atoms with Crippen molar-refractivity contribution in [2.45, 2.75) is 52.5 Å². The zero-order valence-corrected chi connectivity index (χ0v) is 14.1. The summed E-state index contributed by atoms with van der Waals surface area (Å²) in [6.45, 7) is 4.75. The van der Waals surface area contributed by atoms with Gasteiger partial charge in [-0.05, 0) is 50.7 Å². The first-order valence-electron chi connectivity index (χ1n) is 8.53. The maximum Gasteiger partial charge on any atom is 0.200 e. The minimum atomic E-state index is 0.573. The Labute approximate surface area is 140 Å². The Morgan fingerprint density at radius 3 is 2.96 bits per heavy atom. The number of hydrogen-bond donors (Lipinski definition) is 1. The molecule has 0 radical (unpaired) electrons. The van der Waals surface area contributed by atoms with Crippen LogP contribution in [-0.4, -0.2) is 29.8 Å². The largest absolute Gasteiger partial charge is 0.375 e. The summed E-state index contributed by atoms with van der Waals surface area (Å²) in [5.74, 6) is 0.834. The van der Waals surface area contributed by atoms with Crippen LogP contribution in [0.4, 0.5) is 5.69 Å². The van der Waals surface area contributed by atoms with E-state index in [1.807, 2.05) is 6.07 Å². The lowest BCUT2D eigenvalue weighted by atomic mass is 9.95. The van der Waals surface area contributed by atoms with Crippen LogP contribution < -0.4 is 5.32 Å². The summed E-state index contributed by atoms with van der Waals surface area (Å²) in [4.78, 5) is 9.45. The quantitative estimate of drug-likeness (QED) is 0.793. The summed E-state index contributed by atoms with van der Waals surface area (Å²) >= 11 is 0. The number of aryl methyl sites for hydroxylation is 3. The third-order valence-corrected chi connectivity index (χ3v) is 4.55. The van der Waals surface area contributed by atoms with E-state index in [4.69, 9.17) is 4.98 Å². The van der Waals surface area contributed by atoms with E-state index in [2.05, 4.69) is 39.4 Å². The number of hydrogen-bond acceptors (Lipinski definition) is 6. The number of nitrogens with one attached hydrogen (secondary N) is 1. The lowest BCUT2D eigenvalue weighted by Crippen LogP contribution is -2.14. The van der Waals surface area contributed by atoms with E-state index >= 15 is 0 Å². The van der Waals surface area contributed by atoms with Crippen LogP contribution in [0.2, 0.25) is 0 Å². The van der Waals surface area contributed by atoms with Crippen LogP contribution in [0.1, 0.15) is 48.2 Å². The molecule has 7 nitrogen and oxygen atoms in total. The molecule has 1 N–H and O–H groups in total. The molecule has 4 rings (SSSR count). The van der Waals surface area contributed by atoms with Crippen molar-refractivity contribution in [2.75, 3.05) is 5.32 Å². The Morgan fingerprint density at radius 1 is 1.21 bits per heavy atom. The first kappa shape index (κ1) is 15.0. The highest BCUT2D eigenvalue weighted by atomic mass is 15.3. The molecule has 0 aromatic carbocycles. The molecule has 1 aliphatic carbocycles. The van der Waals surface area contributed by atoms with Gasteiger partial charge in [0.15, 0.2) is 0 Å². The van der Waals surface area contributed by atoms with Gasteiger partial charge in [-0.3, -0.25) is 0 Å². The van der Waals surface area contributed by atoms with E-state index in [0.717, 1.165) is 47.8 Å². The average molecular weight is 323 g/mol. The lowest BCUT2D eigenvalue weighted by molar-refractivity contribution is 0.648. The summed E-state index contributed by atoms with van der Waals surface area (Å²) in [5, 5.41) is 16.0. The second kappa shape index (κ2) is 6.14. The van der Waals surface area contributed by atoms with E-state index in [1.54, 1.807) is 10.8 Å². The Balaban J connectivity index is 1.61. The monoisotopic (exact) mass is 323 g/mol. The lowest BCUT2D eigenvalue weighted by Gasteiger charge is -2.18. The highest BCUT2D eigenvalue weighted by molar-refractivity contribution is 5.66.